The zero-order valence-electron chi connectivity index (χ0n) is 21.4. The molecule has 2 aromatic carbocycles. The maximum absolute atomic E-state index is 13.1. The van der Waals surface area contributed by atoms with Crippen LogP contribution < -0.4 is 9.47 Å². The molecule has 1 fully saturated rings. The van der Waals surface area contributed by atoms with E-state index in [1.807, 2.05) is 19.1 Å². The van der Waals surface area contributed by atoms with E-state index in [2.05, 4.69) is 6.92 Å². The van der Waals surface area contributed by atoms with Crippen LogP contribution in [0.25, 0.3) is 11.1 Å². The number of hydrogen-bond acceptors (Lipinski definition) is 6. The Kier molecular flexibility index (Phi) is 10.2. The summed E-state index contributed by atoms with van der Waals surface area (Å²) in [6.07, 6.45) is 8.31. The topological polar surface area (TPSA) is 71.1 Å². The smallest absolute Gasteiger partial charge is 0.337 e. The molecule has 0 amide bonds. The first-order chi connectivity index (χ1) is 17.0. The minimum atomic E-state index is -0.440. The first-order valence-corrected chi connectivity index (χ1v) is 12.7. The van der Waals surface area contributed by atoms with Gasteiger partial charge in [-0.2, -0.15) is 0 Å². The van der Waals surface area contributed by atoms with Gasteiger partial charge in [0.15, 0.2) is 0 Å². The van der Waals surface area contributed by atoms with Crippen LogP contribution >= 0.6 is 0 Å². The van der Waals surface area contributed by atoms with Crippen LogP contribution in [0.5, 0.6) is 11.5 Å². The number of esters is 2. The summed E-state index contributed by atoms with van der Waals surface area (Å²) in [5, 5.41) is 0. The van der Waals surface area contributed by atoms with Crippen LogP contribution in [0.4, 0.5) is 0 Å². The highest BCUT2D eigenvalue weighted by Gasteiger charge is 2.29. The number of benzene rings is 2. The molecule has 1 aliphatic rings. The highest BCUT2D eigenvalue weighted by molar-refractivity contribution is 5.93. The molecule has 6 heteroatoms. The Hall–Kier alpha value is -2.86. The van der Waals surface area contributed by atoms with E-state index in [0.29, 0.717) is 28.2 Å². The van der Waals surface area contributed by atoms with E-state index >= 15 is 0 Å². The van der Waals surface area contributed by atoms with Crippen LogP contribution in [-0.2, 0) is 14.3 Å². The Morgan fingerprint density at radius 1 is 0.886 bits per heavy atom. The van der Waals surface area contributed by atoms with Gasteiger partial charge in [0.2, 0.25) is 0 Å². The number of ether oxygens (including phenoxy) is 4. The third-order valence-corrected chi connectivity index (χ3v) is 6.62. The molecule has 1 saturated carbocycles. The molecule has 0 radical (unpaired) electrons. The number of rotatable bonds is 11. The van der Waals surface area contributed by atoms with Crippen LogP contribution in [-0.4, -0.2) is 38.9 Å². The number of methoxy groups -OCH3 is 2. The van der Waals surface area contributed by atoms with Gasteiger partial charge in [0.1, 0.15) is 11.5 Å². The zero-order valence-corrected chi connectivity index (χ0v) is 21.4. The third-order valence-electron chi connectivity index (χ3n) is 6.62. The second-order valence-electron chi connectivity index (χ2n) is 9.23. The largest absolute Gasteiger partial charge is 0.496 e. The molecule has 3 rings (SSSR count). The summed E-state index contributed by atoms with van der Waals surface area (Å²) in [5.74, 6) is 0.226. The average Bonchev–Trinajstić information content (AvgIpc) is 2.89. The molecule has 0 aromatic heterocycles. The van der Waals surface area contributed by atoms with Gasteiger partial charge in [-0.15, -0.1) is 0 Å². The first kappa shape index (κ1) is 26.7. The number of aryl methyl sites for hydroxylation is 1. The quantitative estimate of drug-likeness (QED) is 0.206. The van der Waals surface area contributed by atoms with Crippen molar-refractivity contribution in [2.45, 2.75) is 71.3 Å². The van der Waals surface area contributed by atoms with E-state index in [1.54, 1.807) is 31.4 Å². The summed E-state index contributed by atoms with van der Waals surface area (Å²) in [6, 6.07) is 10.7. The molecule has 0 spiro atoms. The van der Waals surface area contributed by atoms with E-state index in [-0.39, 0.29) is 18.0 Å². The van der Waals surface area contributed by atoms with E-state index in [9.17, 15) is 9.59 Å². The Labute approximate surface area is 208 Å². The van der Waals surface area contributed by atoms with Gasteiger partial charge in [-0.05, 0) is 69.4 Å². The van der Waals surface area contributed by atoms with Gasteiger partial charge >= 0.3 is 11.9 Å². The fraction of sp³-hybridized carbons (Fsp3) is 0.517. The molecule has 0 saturated heterocycles. The Morgan fingerprint density at radius 2 is 1.60 bits per heavy atom. The highest BCUT2D eigenvalue weighted by Crippen LogP contribution is 2.39. The number of carbonyl (C=O) groups excluding carboxylic acids is 2. The van der Waals surface area contributed by atoms with Crippen molar-refractivity contribution in [3.05, 3.63) is 47.5 Å². The van der Waals surface area contributed by atoms with E-state index in [4.69, 9.17) is 18.9 Å². The Bertz CT molecular complexity index is 991. The van der Waals surface area contributed by atoms with Gasteiger partial charge in [-0.25, -0.2) is 4.79 Å². The molecule has 35 heavy (non-hydrogen) atoms. The fourth-order valence-electron chi connectivity index (χ4n) is 4.54. The van der Waals surface area contributed by atoms with Crippen LogP contribution in [0.15, 0.2) is 36.4 Å². The van der Waals surface area contributed by atoms with Crippen LogP contribution in [0.1, 0.15) is 74.2 Å². The second kappa shape index (κ2) is 13.3. The van der Waals surface area contributed by atoms with Crippen LogP contribution in [0, 0.1) is 12.8 Å². The standard InChI is InChI=1S/C29H38O6/c1-5-6-7-8-17-34-23-13-10-21(11-14-23)29(31)35-27-15-9-20(2)18-24(27)25-19-22(28(30)33-4)12-16-26(25)32-3/h9,12,15-16,18-19,21,23H,5-8,10-11,13-14,17H2,1-4H3. The molecule has 6 nitrogen and oxygen atoms in total. The zero-order chi connectivity index (χ0) is 25.2. The summed E-state index contributed by atoms with van der Waals surface area (Å²) < 4.78 is 22.4. The molecular weight excluding hydrogens is 444 g/mol. The van der Waals surface area contributed by atoms with Crippen molar-refractivity contribution >= 4 is 11.9 Å². The van der Waals surface area contributed by atoms with E-state index in [1.165, 1.54) is 26.4 Å². The molecule has 0 N–H and O–H groups in total. The number of hydrogen-bond donors (Lipinski definition) is 0. The molecule has 190 valence electrons. The predicted octanol–water partition coefficient (Wildman–Crippen LogP) is 6.52. The minimum Gasteiger partial charge on any atom is -0.496 e. The van der Waals surface area contributed by atoms with Crippen molar-refractivity contribution in [1.29, 1.82) is 0 Å². The van der Waals surface area contributed by atoms with Crippen molar-refractivity contribution in [3.8, 4) is 22.6 Å². The van der Waals surface area contributed by atoms with Gasteiger partial charge in [-0.3, -0.25) is 4.79 Å². The van der Waals surface area contributed by atoms with Gasteiger partial charge < -0.3 is 18.9 Å². The summed E-state index contributed by atoms with van der Waals surface area (Å²) in [6.45, 7) is 4.98. The van der Waals surface area contributed by atoms with Crippen molar-refractivity contribution in [1.82, 2.24) is 0 Å². The SMILES string of the molecule is CCCCCCOC1CCC(C(=O)Oc2ccc(C)cc2-c2cc(C(=O)OC)ccc2OC)CC1. The summed E-state index contributed by atoms with van der Waals surface area (Å²) in [5.41, 5.74) is 2.77. The molecule has 0 unspecified atom stereocenters. The lowest BCUT2D eigenvalue weighted by Gasteiger charge is -2.27. The monoisotopic (exact) mass is 482 g/mol. The lowest BCUT2D eigenvalue weighted by Crippen LogP contribution is -2.29. The van der Waals surface area contributed by atoms with Crippen molar-refractivity contribution in [2.24, 2.45) is 5.92 Å². The lowest BCUT2D eigenvalue weighted by atomic mass is 9.87. The molecular formula is C29H38O6. The summed E-state index contributed by atoms with van der Waals surface area (Å²) in [4.78, 5) is 25.2. The van der Waals surface area contributed by atoms with Gasteiger partial charge in [0.05, 0.1) is 31.8 Å². The summed E-state index contributed by atoms with van der Waals surface area (Å²) in [7, 11) is 2.92. The van der Waals surface area contributed by atoms with Crippen LogP contribution in [0.2, 0.25) is 0 Å². The molecule has 1 aliphatic carbocycles. The predicted molar refractivity (Wildman–Crippen MR) is 136 cm³/mol. The average molecular weight is 483 g/mol. The molecule has 0 aliphatic heterocycles. The second-order valence-corrected chi connectivity index (χ2v) is 9.23. The van der Waals surface area contributed by atoms with Crippen molar-refractivity contribution in [2.75, 3.05) is 20.8 Å². The van der Waals surface area contributed by atoms with E-state index in [0.717, 1.165) is 44.3 Å². The highest BCUT2D eigenvalue weighted by atomic mass is 16.5. The fourth-order valence-corrected chi connectivity index (χ4v) is 4.54. The van der Waals surface area contributed by atoms with E-state index < -0.39 is 5.97 Å². The molecule has 0 atom stereocenters. The van der Waals surface area contributed by atoms with Gasteiger partial charge in [0.25, 0.3) is 0 Å². The van der Waals surface area contributed by atoms with Gasteiger partial charge in [-0.1, -0.05) is 37.8 Å². The molecule has 0 bridgehead atoms. The third kappa shape index (κ3) is 7.31. The summed E-state index contributed by atoms with van der Waals surface area (Å²) >= 11 is 0. The molecule has 2 aromatic rings. The van der Waals surface area contributed by atoms with Gasteiger partial charge in [0, 0.05) is 17.7 Å². The minimum absolute atomic E-state index is 0.146. The maximum Gasteiger partial charge on any atom is 0.337 e. The molecule has 0 heterocycles. The Morgan fingerprint density at radius 3 is 2.29 bits per heavy atom. The van der Waals surface area contributed by atoms with Crippen molar-refractivity contribution < 1.29 is 28.5 Å². The number of unbranched alkanes of at least 4 members (excludes halogenated alkanes) is 3. The lowest BCUT2D eigenvalue weighted by molar-refractivity contribution is -0.141. The van der Waals surface area contributed by atoms with Crippen molar-refractivity contribution in [3.63, 3.8) is 0 Å². The Balaban J connectivity index is 1.70. The normalized spacial score (nSPS) is 17.6. The maximum atomic E-state index is 13.1. The number of carbonyl (C=O) groups is 2. The van der Waals surface area contributed by atoms with Crippen LogP contribution in [0.3, 0.4) is 0 Å². The first-order valence-electron chi connectivity index (χ1n) is 12.7.